The molecule has 0 aliphatic carbocycles. The molecule has 36 heavy (non-hydrogen) atoms. The lowest BCUT2D eigenvalue weighted by Crippen LogP contribution is -2.47. The number of nitrogens with zero attached hydrogens (tertiary/aromatic N) is 1. The second kappa shape index (κ2) is 10.3. The Balaban J connectivity index is 1.32. The minimum atomic E-state index is -1.12. The fourth-order valence-electron chi connectivity index (χ4n) is 3.11. The molecule has 4 aromatic rings. The van der Waals surface area contributed by atoms with E-state index in [0.717, 1.165) is 17.2 Å². The van der Waals surface area contributed by atoms with E-state index in [0.29, 0.717) is 11.4 Å². The number of hydrogen-bond acceptors (Lipinski definition) is 12. The van der Waals surface area contributed by atoms with E-state index in [-0.39, 0.29) is 11.0 Å². The van der Waals surface area contributed by atoms with Crippen LogP contribution in [-0.4, -0.2) is 15.3 Å². The molecule has 0 saturated heterocycles. The van der Waals surface area contributed by atoms with Crippen molar-refractivity contribution in [3.8, 4) is 28.4 Å². The highest BCUT2D eigenvalue weighted by Crippen LogP contribution is 2.39. The van der Waals surface area contributed by atoms with Crippen LogP contribution >= 0.6 is 0 Å². The minimum Gasteiger partial charge on any atom is -0.504 e. The van der Waals surface area contributed by atoms with Gasteiger partial charge in [0.15, 0.2) is 11.5 Å². The molecule has 0 saturated carbocycles. The Morgan fingerprint density at radius 1 is 0.583 bits per heavy atom. The van der Waals surface area contributed by atoms with Crippen LogP contribution in [0.3, 0.4) is 0 Å². The standard InChI is InChI=1S/C24H20N6O6/c31-19-11-9-17(21(33)23(19)35)27-29-25-15-5-1-13(2-6-15)14-3-7-16(8-4-14)26-30-28-18-10-12-20(32)24(36)22(18)34/h1-12,25-27,29-31,33,35H/b28-18-. The van der Waals surface area contributed by atoms with Crippen LogP contribution in [0, 0.1) is 0 Å². The molecule has 12 nitrogen and oxygen atoms in total. The Kier molecular flexibility index (Phi) is 6.79. The number of rotatable bonds is 8. The zero-order chi connectivity index (χ0) is 25.7. The van der Waals surface area contributed by atoms with Crippen LogP contribution in [0.4, 0.5) is 17.1 Å². The van der Waals surface area contributed by atoms with Crippen LogP contribution in [0.25, 0.3) is 11.1 Å². The van der Waals surface area contributed by atoms with E-state index < -0.39 is 33.5 Å². The van der Waals surface area contributed by atoms with Crippen LogP contribution in [0.5, 0.6) is 17.2 Å². The highest BCUT2D eigenvalue weighted by Gasteiger charge is 2.10. The second-order valence-electron chi connectivity index (χ2n) is 7.45. The number of nitrogens with one attached hydrogen (secondary N) is 5. The van der Waals surface area contributed by atoms with E-state index in [9.17, 15) is 29.7 Å². The molecule has 0 aliphatic rings. The topological polar surface area (TPSA) is 184 Å². The van der Waals surface area contributed by atoms with E-state index in [4.69, 9.17) is 0 Å². The first-order chi connectivity index (χ1) is 17.3. The fourth-order valence-corrected chi connectivity index (χ4v) is 3.11. The van der Waals surface area contributed by atoms with Crippen LogP contribution in [0.2, 0.25) is 0 Å². The van der Waals surface area contributed by atoms with Gasteiger partial charge in [-0.2, -0.15) is 5.10 Å². The van der Waals surface area contributed by atoms with Crippen molar-refractivity contribution in [1.29, 1.82) is 0 Å². The molecule has 0 bridgehead atoms. The highest BCUT2D eigenvalue weighted by molar-refractivity contribution is 5.68. The molecule has 4 aromatic carbocycles. The molecule has 0 amide bonds. The van der Waals surface area contributed by atoms with Crippen molar-refractivity contribution >= 4 is 17.1 Å². The molecule has 12 heteroatoms. The zero-order valence-corrected chi connectivity index (χ0v) is 18.4. The second-order valence-corrected chi connectivity index (χ2v) is 7.45. The molecule has 0 aliphatic heterocycles. The number of aromatic hydroxyl groups is 3. The molecular formula is C24H20N6O6. The third-order valence-corrected chi connectivity index (χ3v) is 5.07. The van der Waals surface area contributed by atoms with Crippen molar-refractivity contribution in [1.82, 2.24) is 11.1 Å². The fraction of sp³-hybridized carbons (Fsp3) is 0. The van der Waals surface area contributed by atoms with Gasteiger partial charge in [-0.05, 0) is 59.7 Å². The van der Waals surface area contributed by atoms with Crippen molar-refractivity contribution in [2.75, 3.05) is 16.3 Å². The summed E-state index contributed by atoms with van der Waals surface area (Å²) in [6.07, 6.45) is 0. The first-order valence-corrected chi connectivity index (χ1v) is 10.4. The normalized spacial score (nSPS) is 11.2. The number of phenolic OH excluding ortho intramolecular Hbond substituents is 3. The summed E-state index contributed by atoms with van der Waals surface area (Å²) >= 11 is 0. The summed E-state index contributed by atoms with van der Waals surface area (Å²) in [4.78, 5) is 34.3. The van der Waals surface area contributed by atoms with Gasteiger partial charge in [-0.25, -0.2) is 5.53 Å². The lowest BCUT2D eigenvalue weighted by molar-refractivity contribution is 0.369. The zero-order valence-electron chi connectivity index (χ0n) is 18.4. The van der Waals surface area contributed by atoms with Gasteiger partial charge in [0.05, 0.1) is 17.1 Å². The van der Waals surface area contributed by atoms with Gasteiger partial charge in [0.25, 0.3) is 10.9 Å². The minimum absolute atomic E-state index is 0.161. The average molecular weight is 488 g/mol. The maximum Gasteiger partial charge on any atom is 0.275 e. The van der Waals surface area contributed by atoms with Gasteiger partial charge < -0.3 is 26.2 Å². The quantitative estimate of drug-likeness (QED) is 0.0759. The van der Waals surface area contributed by atoms with Crippen LogP contribution in [0.1, 0.15) is 0 Å². The molecule has 4 rings (SSSR count). The van der Waals surface area contributed by atoms with Gasteiger partial charge >= 0.3 is 0 Å². The summed E-state index contributed by atoms with van der Waals surface area (Å²) < 4.78 is 0. The number of hydrogen-bond donors (Lipinski definition) is 8. The van der Waals surface area contributed by atoms with Gasteiger partial charge in [-0.3, -0.25) is 19.8 Å². The number of benzene rings is 4. The third-order valence-electron chi connectivity index (χ3n) is 5.07. The Hall–Kier alpha value is -5.36. The lowest BCUT2D eigenvalue weighted by atomic mass is 10.1. The molecule has 0 heterocycles. The van der Waals surface area contributed by atoms with Crippen molar-refractivity contribution in [2.24, 2.45) is 5.10 Å². The van der Waals surface area contributed by atoms with E-state index in [2.05, 4.69) is 32.4 Å². The molecule has 0 atom stereocenters. The van der Waals surface area contributed by atoms with Crippen molar-refractivity contribution in [2.45, 2.75) is 0 Å². The predicted molar refractivity (Wildman–Crippen MR) is 134 cm³/mol. The third kappa shape index (κ3) is 5.24. The number of phenols is 3. The molecule has 0 spiro atoms. The summed E-state index contributed by atoms with van der Waals surface area (Å²) in [5.74, 6) is -1.55. The maximum atomic E-state index is 11.7. The Morgan fingerprint density at radius 3 is 1.83 bits per heavy atom. The smallest absolute Gasteiger partial charge is 0.275 e. The van der Waals surface area contributed by atoms with Crippen molar-refractivity contribution in [3.63, 3.8) is 0 Å². The predicted octanol–water partition coefficient (Wildman–Crippen LogP) is 0.803. The van der Waals surface area contributed by atoms with E-state index in [1.165, 1.54) is 18.2 Å². The number of anilines is 3. The van der Waals surface area contributed by atoms with E-state index in [1.807, 2.05) is 36.4 Å². The van der Waals surface area contributed by atoms with Gasteiger partial charge in [0.2, 0.25) is 11.2 Å². The Labute approximate surface area is 202 Å². The van der Waals surface area contributed by atoms with Gasteiger partial charge in [-0.15, -0.1) is 5.53 Å². The van der Waals surface area contributed by atoms with Gasteiger partial charge in [0.1, 0.15) is 5.36 Å². The Bertz CT molecular complexity index is 1600. The molecule has 8 N–H and O–H groups in total. The summed E-state index contributed by atoms with van der Waals surface area (Å²) in [6, 6.07) is 19.5. The number of hydrazine groups is 3. The molecule has 0 aromatic heterocycles. The lowest BCUT2D eigenvalue weighted by Gasteiger charge is -2.13. The maximum absolute atomic E-state index is 11.7. The highest BCUT2D eigenvalue weighted by atomic mass is 16.3. The SMILES string of the molecule is O=c1cc/c(=N/NNc2ccc(-c3ccc(NNNc4ccc(O)c(O)c4O)cc3)cc2)c(=O)c1=O. The molecule has 0 fully saturated rings. The largest absolute Gasteiger partial charge is 0.504 e. The van der Waals surface area contributed by atoms with E-state index in [1.54, 1.807) is 12.1 Å². The van der Waals surface area contributed by atoms with Crippen LogP contribution < -0.4 is 49.0 Å². The molecule has 0 radical (unpaired) electrons. The van der Waals surface area contributed by atoms with Gasteiger partial charge in [0, 0.05) is 0 Å². The van der Waals surface area contributed by atoms with E-state index >= 15 is 0 Å². The van der Waals surface area contributed by atoms with Gasteiger partial charge in [-0.1, -0.05) is 24.3 Å². The molecule has 0 unspecified atom stereocenters. The Morgan fingerprint density at radius 2 is 1.19 bits per heavy atom. The summed E-state index contributed by atoms with van der Waals surface area (Å²) in [5.41, 5.74) is 13.9. The molecule has 182 valence electrons. The summed E-state index contributed by atoms with van der Waals surface area (Å²) in [7, 11) is 0. The van der Waals surface area contributed by atoms with Crippen molar-refractivity contribution < 1.29 is 15.3 Å². The molecular weight excluding hydrogens is 468 g/mol. The van der Waals surface area contributed by atoms with Crippen LogP contribution in [0.15, 0.2) is 92.3 Å². The van der Waals surface area contributed by atoms with Crippen LogP contribution in [-0.2, 0) is 0 Å². The first kappa shape index (κ1) is 23.8. The first-order valence-electron chi connectivity index (χ1n) is 10.4. The average Bonchev–Trinajstić information content (AvgIpc) is 2.89. The summed E-state index contributed by atoms with van der Waals surface area (Å²) in [5, 5.41) is 32.3. The van der Waals surface area contributed by atoms with Crippen molar-refractivity contribution in [3.05, 3.63) is 109 Å². The monoisotopic (exact) mass is 488 g/mol. The summed E-state index contributed by atoms with van der Waals surface area (Å²) in [6.45, 7) is 0.